The fourth-order valence-corrected chi connectivity index (χ4v) is 3.22. The first-order valence-electron chi connectivity index (χ1n) is 6.57. The molecular weight excluding hydrogens is 274 g/mol. The Kier molecular flexibility index (Phi) is 4.23. The van der Waals surface area contributed by atoms with E-state index in [1.807, 2.05) is 11.8 Å². The van der Waals surface area contributed by atoms with Crippen molar-refractivity contribution in [3.63, 3.8) is 0 Å². The van der Waals surface area contributed by atoms with Gasteiger partial charge in [0.2, 0.25) is 0 Å². The van der Waals surface area contributed by atoms with Gasteiger partial charge in [-0.1, -0.05) is 13.8 Å². The van der Waals surface area contributed by atoms with Crippen LogP contribution in [0.2, 0.25) is 0 Å². The van der Waals surface area contributed by atoms with Crippen LogP contribution in [0.15, 0.2) is 6.33 Å². The van der Waals surface area contributed by atoms with Crippen molar-refractivity contribution in [1.29, 1.82) is 0 Å². The van der Waals surface area contributed by atoms with Crippen LogP contribution >= 0.6 is 11.3 Å². The summed E-state index contributed by atoms with van der Waals surface area (Å²) in [7, 11) is 0. The molecule has 108 valence electrons. The van der Waals surface area contributed by atoms with Crippen molar-refractivity contribution in [3.05, 3.63) is 16.8 Å². The average molecular weight is 293 g/mol. The Bertz CT molecular complexity index is 637. The summed E-state index contributed by atoms with van der Waals surface area (Å²) in [4.78, 5) is 23.7. The van der Waals surface area contributed by atoms with E-state index >= 15 is 0 Å². The number of hydrogen-bond acceptors (Lipinski definition) is 5. The highest BCUT2D eigenvalue weighted by molar-refractivity contribution is 7.18. The summed E-state index contributed by atoms with van der Waals surface area (Å²) in [6.45, 7) is 8.84. The van der Waals surface area contributed by atoms with Crippen LogP contribution < -0.4 is 4.90 Å². The summed E-state index contributed by atoms with van der Waals surface area (Å²) in [5, 5.41) is 10.1. The lowest BCUT2D eigenvalue weighted by Crippen LogP contribution is -2.33. The van der Waals surface area contributed by atoms with Crippen molar-refractivity contribution >= 4 is 33.3 Å². The number of anilines is 1. The number of aliphatic carboxylic acids is 1. The molecule has 0 aliphatic rings. The smallest absolute Gasteiger partial charge is 0.323 e. The fraction of sp³-hybridized carbons (Fsp3) is 0.500. The monoisotopic (exact) mass is 293 g/mol. The van der Waals surface area contributed by atoms with E-state index in [9.17, 15) is 4.79 Å². The summed E-state index contributed by atoms with van der Waals surface area (Å²) >= 11 is 1.62. The molecule has 0 aromatic carbocycles. The first-order chi connectivity index (χ1) is 9.40. The highest BCUT2D eigenvalue weighted by atomic mass is 32.1. The third kappa shape index (κ3) is 2.90. The predicted molar refractivity (Wildman–Crippen MR) is 81.6 cm³/mol. The van der Waals surface area contributed by atoms with E-state index in [2.05, 4.69) is 30.7 Å². The Balaban J connectivity index is 2.54. The Morgan fingerprint density at radius 3 is 2.70 bits per heavy atom. The van der Waals surface area contributed by atoms with E-state index in [0.29, 0.717) is 12.5 Å². The second-order valence-corrected chi connectivity index (χ2v) is 6.53. The normalized spacial score (nSPS) is 11.2. The van der Waals surface area contributed by atoms with Crippen LogP contribution in [0.25, 0.3) is 10.2 Å². The maximum absolute atomic E-state index is 11.1. The third-order valence-electron chi connectivity index (χ3n) is 3.16. The van der Waals surface area contributed by atoms with E-state index in [-0.39, 0.29) is 6.54 Å². The molecule has 2 aromatic rings. The molecule has 2 aromatic heterocycles. The van der Waals surface area contributed by atoms with Gasteiger partial charge in [0.15, 0.2) is 0 Å². The van der Waals surface area contributed by atoms with Crippen molar-refractivity contribution in [2.24, 2.45) is 5.92 Å². The largest absolute Gasteiger partial charge is 0.480 e. The lowest BCUT2D eigenvalue weighted by molar-refractivity contribution is -0.135. The molecule has 0 spiro atoms. The quantitative estimate of drug-likeness (QED) is 0.918. The summed E-state index contributed by atoms with van der Waals surface area (Å²) in [6, 6.07) is 0. The Labute approximate surface area is 122 Å². The Morgan fingerprint density at radius 1 is 1.40 bits per heavy atom. The molecule has 0 fully saturated rings. The molecule has 6 heteroatoms. The lowest BCUT2D eigenvalue weighted by Gasteiger charge is -2.24. The molecule has 5 nitrogen and oxygen atoms in total. The summed E-state index contributed by atoms with van der Waals surface area (Å²) < 4.78 is 0. The number of rotatable bonds is 5. The number of fused-ring (bicyclic) bond motifs is 1. The molecule has 0 unspecified atom stereocenters. The van der Waals surface area contributed by atoms with E-state index in [0.717, 1.165) is 21.6 Å². The zero-order chi connectivity index (χ0) is 14.9. The molecule has 0 amide bonds. The fourth-order valence-electron chi connectivity index (χ4n) is 2.23. The second-order valence-electron chi connectivity index (χ2n) is 5.33. The number of carboxylic acid groups (broad SMARTS) is 1. The molecule has 0 bridgehead atoms. The van der Waals surface area contributed by atoms with Gasteiger partial charge in [0, 0.05) is 11.4 Å². The molecule has 0 atom stereocenters. The number of aromatic nitrogens is 2. The van der Waals surface area contributed by atoms with Crippen molar-refractivity contribution in [2.75, 3.05) is 18.0 Å². The van der Waals surface area contributed by atoms with Crippen LogP contribution in [0, 0.1) is 19.8 Å². The van der Waals surface area contributed by atoms with Gasteiger partial charge in [0.1, 0.15) is 23.5 Å². The molecule has 2 heterocycles. The van der Waals surface area contributed by atoms with Crippen molar-refractivity contribution in [3.8, 4) is 0 Å². The summed E-state index contributed by atoms with van der Waals surface area (Å²) in [5.41, 5.74) is 1.14. The molecule has 0 radical (unpaired) electrons. The lowest BCUT2D eigenvalue weighted by atomic mass is 10.1. The van der Waals surface area contributed by atoms with Crippen LogP contribution in [0.4, 0.5) is 5.82 Å². The van der Waals surface area contributed by atoms with Gasteiger partial charge in [-0.3, -0.25) is 4.79 Å². The van der Waals surface area contributed by atoms with E-state index in [4.69, 9.17) is 5.11 Å². The van der Waals surface area contributed by atoms with Gasteiger partial charge < -0.3 is 10.0 Å². The summed E-state index contributed by atoms with van der Waals surface area (Å²) in [6.07, 6.45) is 1.52. The Hall–Kier alpha value is -1.69. The van der Waals surface area contributed by atoms with Gasteiger partial charge >= 0.3 is 5.97 Å². The minimum Gasteiger partial charge on any atom is -0.480 e. The number of hydrogen-bond donors (Lipinski definition) is 1. The zero-order valence-electron chi connectivity index (χ0n) is 12.2. The first kappa shape index (κ1) is 14.7. The molecular formula is C14H19N3O2S. The summed E-state index contributed by atoms with van der Waals surface area (Å²) in [5.74, 6) is 0.245. The van der Waals surface area contributed by atoms with Crippen molar-refractivity contribution in [1.82, 2.24) is 9.97 Å². The SMILES string of the molecule is Cc1sc2ncnc(N(CC(=O)O)CC(C)C)c2c1C. The number of carbonyl (C=O) groups is 1. The number of aryl methyl sites for hydroxylation is 2. The van der Waals surface area contributed by atoms with Crippen LogP contribution in [0.5, 0.6) is 0 Å². The van der Waals surface area contributed by atoms with Gasteiger partial charge in [0.05, 0.1) is 5.39 Å². The number of carboxylic acids is 1. The topological polar surface area (TPSA) is 66.3 Å². The third-order valence-corrected chi connectivity index (χ3v) is 4.27. The van der Waals surface area contributed by atoms with Gasteiger partial charge in [-0.2, -0.15) is 0 Å². The van der Waals surface area contributed by atoms with Crippen LogP contribution in [-0.2, 0) is 4.79 Å². The molecule has 0 aliphatic carbocycles. The van der Waals surface area contributed by atoms with Gasteiger partial charge in [0.25, 0.3) is 0 Å². The molecule has 0 saturated carbocycles. The molecule has 20 heavy (non-hydrogen) atoms. The van der Waals surface area contributed by atoms with Gasteiger partial charge in [-0.05, 0) is 25.3 Å². The highest BCUT2D eigenvalue weighted by Crippen LogP contribution is 2.34. The standard InChI is InChI=1S/C14H19N3O2S/c1-8(2)5-17(6-11(18)19)13-12-9(3)10(4)20-14(12)16-7-15-13/h7-8H,5-6H2,1-4H3,(H,18,19). The van der Waals surface area contributed by atoms with E-state index in [1.165, 1.54) is 11.2 Å². The maximum Gasteiger partial charge on any atom is 0.323 e. The maximum atomic E-state index is 11.1. The van der Waals surface area contributed by atoms with Crippen LogP contribution in [0.3, 0.4) is 0 Å². The van der Waals surface area contributed by atoms with Crippen molar-refractivity contribution in [2.45, 2.75) is 27.7 Å². The van der Waals surface area contributed by atoms with E-state index < -0.39 is 5.97 Å². The predicted octanol–water partition coefficient (Wildman–Crippen LogP) is 2.86. The first-order valence-corrected chi connectivity index (χ1v) is 7.39. The highest BCUT2D eigenvalue weighted by Gasteiger charge is 2.19. The van der Waals surface area contributed by atoms with Crippen molar-refractivity contribution < 1.29 is 9.90 Å². The molecule has 1 N–H and O–H groups in total. The molecule has 0 saturated heterocycles. The number of thiophene rings is 1. The number of nitrogens with zero attached hydrogens (tertiary/aromatic N) is 3. The van der Waals surface area contributed by atoms with Crippen LogP contribution in [0.1, 0.15) is 24.3 Å². The zero-order valence-corrected chi connectivity index (χ0v) is 13.0. The second kappa shape index (κ2) is 5.75. The molecule has 0 aliphatic heterocycles. The average Bonchev–Trinajstić information content (AvgIpc) is 2.63. The van der Waals surface area contributed by atoms with Gasteiger partial charge in [-0.25, -0.2) is 9.97 Å². The Morgan fingerprint density at radius 2 is 2.10 bits per heavy atom. The minimum atomic E-state index is -0.845. The van der Waals surface area contributed by atoms with E-state index in [1.54, 1.807) is 11.3 Å². The minimum absolute atomic E-state index is 0.0430. The molecule has 2 rings (SSSR count). The van der Waals surface area contributed by atoms with Gasteiger partial charge in [-0.15, -0.1) is 11.3 Å². The van der Waals surface area contributed by atoms with Crippen LogP contribution in [-0.4, -0.2) is 34.1 Å².